The largest absolute Gasteiger partial charge is 0.320 e. The highest BCUT2D eigenvalue weighted by Crippen LogP contribution is 2.30. The first-order valence-corrected chi connectivity index (χ1v) is 10.8. The second-order valence-corrected chi connectivity index (χ2v) is 8.63. The first-order valence-electron chi connectivity index (χ1n) is 10.4. The van der Waals surface area contributed by atoms with Gasteiger partial charge in [0.25, 0.3) is 5.91 Å². The van der Waals surface area contributed by atoms with Crippen LogP contribution >= 0.6 is 11.6 Å². The molecule has 1 fully saturated rings. The normalized spacial score (nSPS) is 17.1. The Morgan fingerprint density at radius 3 is 2.32 bits per heavy atom. The van der Waals surface area contributed by atoms with Crippen LogP contribution in [0.25, 0.3) is 0 Å². The number of benzene rings is 2. The van der Waals surface area contributed by atoms with Crippen LogP contribution in [-0.2, 0) is 11.3 Å². The van der Waals surface area contributed by atoms with E-state index in [0.29, 0.717) is 0 Å². The van der Waals surface area contributed by atoms with Crippen molar-refractivity contribution >= 4 is 23.2 Å². The van der Waals surface area contributed by atoms with Gasteiger partial charge in [0, 0.05) is 22.7 Å². The van der Waals surface area contributed by atoms with E-state index in [-0.39, 0.29) is 11.9 Å². The summed E-state index contributed by atoms with van der Waals surface area (Å²) < 4.78 is 0.827. The first-order chi connectivity index (χ1) is 13.4. The minimum absolute atomic E-state index is 0.0571. The third-order valence-electron chi connectivity index (χ3n) is 6.17. The molecule has 2 aromatic rings. The summed E-state index contributed by atoms with van der Waals surface area (Å²) in [5.41, 5.74) is 4.41. The molecule has 0 aliphatic carbocycles. The fraction of sp³-hybridized carbons (Fsp3) is 0.458. The molecule has 0 radical (unpaired) electrons. The highest BCUT2D eigenvalue weighted by Gasteiger charge is 2.42. The van der Waals surface area contributed by atoms with E-state index in [0.717, 1.165) is 52.4 Å². The van der Waals surface area contributed by atoms with Crippen molar-refractivity contribution in [2.45, 2.75) is 59.0 Å². The summed E-state index contributed by atoms with van der Waals surface area (Å²) in [5.74, 6) is 0.142. The minimum Gasteiger partial charge on any atom is -0.320 e. The zero-order valence-corrected chi connectivity index (χ0v) is 18.1. The average molecular weight is 400 g/mol. The van der Waals surface area contributed by atoms with E-state index in [9.17, 15) is 4.79 Å². The number of halogens is 1. The second-order valence-electron chi connectivity index (χ2n) is 8.19. The molecule has 0 spiro atoms. The molecule has 28 heavy (non-hydrogen) atoms. The number of anilines is 1. The summed E-state index contributed by atoms with van der Waals surface area (Å²) in [7, 11) is 0. The zero-order valence-electron chi connectivity index (χ0n) is 17.3. The molecule has 4 heteroatoms. The number of likely N-dealkylation sites (tertiary alicyclic amines) is 1. The Kier molecular flexibility index (Phi) is 6.79. The molecule has 2 aromatic carbocycles. The maximum Gasteiger partial charge on any atom is 0.282 e. The molecule has 1 aliphatic heterocycles. The van der Waals surface area contributed by atoms with E-state index in [1.54, 1.807) is 0 Å². The van der Waals surface area contributed by atoms with Gasteiger partial charge in [-0.05, 0) is 56.4 Å². The van der Waals surface area contributed by atoms with Gasteiger partial charge < -0.3 is 9.80 Å². The number of hydrogen-bond acceptors (Lipinski definition) is 1. The molecule has 0 saturated carbocycles. The van der Waals surface area contributed by atoms with Crippen molar-refractivity contribution in [1.82, 2.24) is 0 Å². The molecule has 1 unspecified atom stereocenters. The maximum absolute atomic E-state index is 13.5. The number of nitrogens with zero attached hydrogens (tertiary/aromatic N) is 1. The molecule has 3 rings (SSSR count). The number of para-hydroxylation sites is 1. The molecule has 150 valence electrons. The SMILES string of the molecule is CCC(C(=O)Nc1c(C)cccc1C)[N+]1(Cc2cccc(Cl)c2)CCCCC1. The summed E-state index contributed by atoms with van der Waals surface area (Å²) in [6, 6.07) is 14.2. The van der Waals surface area contributed by atoms with E-state index < -0.39 is 0 Å². The maximum atomic E-state index is 13.5. The third-order valence-corrected chi connectivity index (χ3v) is 6.41. The molecule has 1 heterocycles. The van der Waals surface area contributed by atoms with Gasteiger partial charge in [0.1, 0.15) is 6.54 Å². The summed E-state index contributed by atoms with van der Waals surface area (Å²) >= 11 is 6.24. The predicted molar refractivity (Wildman–Crippen MR) is 118 cm³/mol. The van der Waals surface area contributed by atoms with E-state index in [2.05, 4.69) is 44.3 Å². The lowest BCUT2D eigenvalue weighted by Crippen LogP contribution is -2.61. The van der Waals surface area contributed by atoms with Gasteiger partial charge in [-0.3, -0.25) is 4.79 Å². The summed E-state index contributed by atoms with van der Waals surface area (Å²) in [6.45, 7) is 9.21. The number of aryl methyl sites for hydroxylation is 2. The average Bonchev–Trinajstić information content (AvgIpc) is 2.66. The summed E-state index contributed by atoms with van der Waals surface area (Å²) in [4.78, 5) is 13.5. The van der Waals surface area contributed by atoms with Crippen molar-refractivity contribution in [3.8, 4) is 0 Å². The Hall–Kier alpha value is -1.84. The van der Waals surface area contributed by atoms with E-state index >= 15 is 0 Å². The molecule has 1 saturated heterocycles. The van der Waals surface area contributed by atoms with Crippen LogP contribution < -0.4 is 5.32 Å². The van der Waals surface area contributed by atoms with Crippen LogP contribution in [0.4, 0.5) is 5.69 Å². The van der Waals surface area contributed by atoms with Gasteiger partial charge in [-0.15, -0.1) is 0 Å². The van der Waals surface area contributed by atoms with E-state index in [1.165, 1.54) is 24.8 Å². The van der Waals surface area contributed by atoms with Crippen molar-refractivity contribution in [3.63, 3.8) is 0 Å². The van der Waals surface area contributed by atoms with Gasteiger partial charge in [-0.25, -0.2) is 0 Å². The lowest BCUT2D eigenvalue weighted by atomic mass is 9.98. The molecule has 1 atom stereocenters. The zero-order chi connectivity index (χ0) is 20.1. The molecular formula is C24H32ClN2O+. The molecule has 0 aromatic heterocycles. The fourth-order valence-electron chi connectivity index (χ4n) is 4.76. The number of carbonyl (C=O) groups excluding carboxylic acids is 1. The quantitative estimate of drug-likeness (QED) is 0.604. The monoisotopic (exact) mass is 399 g/mol. The van der Waals surface area contributed by atoms with Crippen molar-refractivity contribution < 1.29 is 9.28 Å². The van der Waals surface area contributed by atoms with Gasteiger partial charge in [0.2, 0.25) is 0 Å². The molecule has 0 bridgehead atoms. The fourth-order valence-corrected chi connectivity index (χ4v) is 4.97. The van der Waals surface area contributed by atoms with Crippen molar-refractivity contribution in [2.24, 2.45) is 0 Å². The van der Waals surface area contributed by atoms with Crippen LogP contribution in [0.5, 0.6) is 0 Å². The number of hydrogen-bond donors (Lipinski definition) is 1. The smallest absolute Gasteiger partial charge is 0.282 e. The van der Waals surface area contributed by atoms with Gasteiger partial charge in [-0.2, -0.15) is 0 Å². The Morgan fingerprint density at radius 2 is 1.71 bits per heavy atom. The topological polar surface area (TPSA) is 29.1 Å². The van der Waals surface area contributed by atoms with Crippen molar-refractivity contribution in [1.29, 1.82) is 0 Å². The Labute approximate surface area is 174 Å². The van der Waals surface area contributed by atoms with Gasteiger partial charge in [0.15, 0.2) is 6.04 Å². The van der Waals surface area contributed by atoms with Crippen LogP contribution in [0, 0.1) is 13.8 Å². The first kappa shape index (κ1) is 20.9. The Bertz CT molecular complexity index is 807. The second kappa shape index (κ2) is 9.11. The van der Waals surface area contributed by atoms with Crippen LogP contribution in [0.3, 0.4) is 0 Å². The number of amides is 1. The number of quaternary nitrogens is 1. The highest BCUT2D eigenvalue weighted by molar-refractivity contribution is 6.30. The number of piperidine rings is 1. The van der Waals surface area contributed by atoms with E-state index in [4.69, 9.17) is 11.6 Å². The minimum atomic E-state index is -0.0571. The van der Waals surface area contributed by atoms with Gasteiger partial charge >= 0.3 is 0 Å². The molecular weight excluding hydrogens is 368 g/mol. The summed E-state index contributed by atoms with van der Waals surface area (Å²) in [6.07, 6.45) is 4.43. The summed E-state index contributed by atoms with van der Waals surface area (Å²) in [5, 5.41) is 4.03. The van der Waals surface area contributed by atoms with Gasteiger partial charge in [0.05, 0.1) is 13.1 Å². The highest BCUT2D eigenvalue weighted by atomic mass is 35.5. The van der Waals surface area contributed by atoms with E-state index in [1.807, 2.05) is 24.3 Å². The Balaban J connectivity index is 1.89. The third kappa shape index (κ3) is 4.59. The van der Waals surface area contributed by atoms with Crippen molar-refractivity contribution in [2.75, 3.05) is 18.4 Å². The van der Waals surface area contributed by atoms with Crippen LogP contribution in [0.2, 0.25) is 5.02 Å². The van der Waals surface area contributed by atoms with Crippen LogP contribution in [0.1, 0.15) is 49.3 Å². The Morgan fingerprint density at radius 1 is 1.07 bits per heavy atom. The van der Waals surface area contributed by atoms with Crippen LogP contribution in [-0.4, -0.2) is 29.5 Å². The lowest BCUT2D eigenvalue weighted by Gasteiger charge is -2.46. The van der Waals surface area contributed by atoms with Gasteiger partial charge in [-0.1, -0.05) is 48.9 Å². The standard InChI is InChI=1S/C24H31ClN2O/c1-4-22(24(28)26-23-18(2)10-8-11-19(23)3)27(14-6-5-7-15-27)17-20-12-9-13-21(25)16-20/h8-13,16,22H,4-7,14-15,17H2,1-3H3/p+1. The predicted octanol–water partition coefficient (Wildman–Crippen LogP) is 5.87. The van der Waals surface area contributed by atoms with Crippen molar-refractivity contribution in [3.05, 3.63) is 64.2 Å². The lowest BCUT2D eigenvalue weighted by molar-refractivity contribution is -0.959. The molecule has 1 N–H and O–H groups in total. The molecule has 3 nitrogen and oxygen atoms in total. The molecule has 1 amide bonds. The van der Waals surface area contributed by atoms with Crippen LogP contribution in [0.15, 0.2) is 42.5 Å². The number of nitrogens with one attached hydrogen (secondary N) is 1. The number of carbonyl (C=O) groups is 1. The number of rotatable bonds is 6. The molecule has 1 aliphatic rings.